The summed E-state index contributed by atoms with van der Waals surface area (Å²) in [5.41, 5.74) is 0.636. The van der Waals surface area contributed by atoms with Gasteiger partial charge in [-0.05, 0) is 18.2 Å². The normalized spacial score (nSPS) is 18.3. The summed E-state index contributed by atoms with van der Waals surface area (Å²) < 4.78 is 0. The van der Waals surface area contributed by atoms with Gasteiger partial charge in [0.25, 0.3) is 0 Å². The van der Waals surface area contributed by atoms with Crippen LogP contribution >= 0.6 is 23.2 Å². The third kappa shape index (κ3) is 3.93. The number of halogens is 2. The average Bonchev–Trinajstić information content (AvgIpc) is 2.42. The summed E-state index contributed by atoms with van der Waals surface area (Å²) >= 11 is 11.8. The van der Waals surface area contributed by atoms with Crippen LogP contribution < -0.4 is 5.32 Å². The van der Waals surface area contributed by atoms with Crippen LogP contribution in [0.2, 0.25) is 10.0 Å². The van der Waals surface area contributed by atoms with Gasteiger partial charge in [-0.2, -0.15) is 0 Å². The SMILES string of the molecule is CC(CN1CCNCC1)C(=O)c1ccc(Cl)c(Cl)c1. The molecule has 0 amide bonds. The fraction of sp³-hybridized carbons (Fsp3) is 0.500. The van der Waals surface area contributed by atoms with Gasteiger partial charge in [0, 0.05) is 44.2 Å². The van der Waals surface area contributed by atoms with E-state index in [9.17, 15) is 4.79 Å². The number of carbonyl (C=O) groups excluding carboxylic acids is 1. The maximum absolute atomic E-state index is 12.3. The number of nitrogens with zero attached hydrogens (tertiary/aromatic N) is 1. The first-order valence-corrected chi connectivity index (χ1v) is 7.26. The highest BCUT2D eigenvalue weighted by molar-refractivity contribution is 6.42. The van der Waals surface area contributed by atoms with E-state index in [1.807, 2.05) is 6.92 Å². The molecule has 5 heteroatoms. The molecule has 1 atom stereocenters. The van der Waals surface area contributed by atoms with Crippen LogP contribution in [-0.2, 0) is 0 Å². The molecule has 1 aromatic carbocycles. The lowest BCUT2D eigenvalue weighted by Crippen LogP contribution is -2.45. The molecule has 19 heavy (non-hydrogen) atoms. The van der Waals surface area contributed by atoms with E-state index in [-0.39, 0.29) is 11.7 Å². The predicted molar refractivity (Wildman–Crippen MR) is 79.3 cm³/mol. The number of ketones is 1. The van der Waals surface area contributed by atoms with E-state index in [0.717, 1.165) is 32.7 Å². The second-order valence-corrected chi connectivity index (χ2v) is 5.76. The van der Waals surface area contributed by atoms with Gasteiger partial charge in [-0.3, -0.25) is 4.79 Å². The first-order chi connectivity index (χ1) is 9.08. The van der Waals surface area contributed by atoms with Gasteiger partial charge < -0.3 is 10.2 Å². The summed E-state index contributed by atoms with van der Waals surface area (Å²) in [4.78, 5) is 14.7. The van der Waals surface area contributed by atoms with Crippen LogP contribution in [0, 0.1) is 5.92 Å². The maximum Gasteiger partial charge on any atom is 0.166 e. The van der Waals surface area contributed by atoms with Crippen LogP contribution in [0.4, 0.5) is 0 Å². The molecule has 1 N–H and O–H groups in total. The van der Waals surface area contributed by atoms with Gasteiger partial charge >= 0.3 is 0 Å². The summed E-state index contributed by atoms with van der Waals surface area (Å²) in [5, 5.41) is 4.22. The zero-order valence-electron chi connectivity index (χ0n) is 11.0. The van der Waals surface area contributed by atoms with Crippen molar-refractivity contribution in [3.05, 3.63) is 33.8 Å². The molecule has 1 fully saturated rings. The zero-order valence-corrected chi connectivity index (χ0v) is 12.5. The Bertz CT molecular complexity index is 459. The maximum atomic E-state index is 12.3. The first-order valence-electron chi connectivity index (χ1n) is 6.50. The van der Waals surface area contributed by atoms with Gasteiger partial charge in [-0.1, -0.05) is 30.1 Å². The Morgan fingerprint density at radius 2 is 2.00 bits per heavy atom. The smallest absolute Gasteiger partial charge is 0.166 e. The largest absolute Gasteiger partial charge is 0.314 e. The number of rotatable bonds is 4. The number of piperazine rings is 1. The van der Waals surface area contributed by atoms with Crippen molar-refractivity contribution in [2.24, 2.45) is 5.92 Å². The highest BCUT2D eigenvalue weighted by atomic mass is 35.5. The highest BCUT2D eigenvalue weighted by Gasteiger charge is 2.20. The van der Waals surface area contributed by atoms with Crippen molar-refractivity contribution in [2.75, 3.05) is 32.7 Å². The third-order valence-electron chi connectivity index (χ3n) is 3.39. The molecule has 0 aliphatic carbocycles. The van der Waals surface area contributed by atoms with E-state index in [4.69, 9.17) is 23.2 Å². The number of nitrogens with one attached hydrogen (secondary N) is 1. The van der Waals surface area contributed by atoms with E-state index in [2.05, 4.69) is 10.2 Å². The van der Waals surface area contributed by atoms with Crippen LogP contribution in [-0.4, -0.2) is 43.4 Å². The Labute approximate surface area is 123 Å². The van der Waals surface area contributed by atoms with Crippen molar-refractivity contribution in [3.8, 4) is 0 Å². The molecule has 1 heterocycles. The Morgan fingerprint density at radius 3 is 2.63 bits per heavy atom. The van der Waals surface area contributed by atoms with Gasteiger partial charge in [-0.25, -0.2) is 0 Å². The minimum atomic E-state index is -0.0321. The molecule has 104 valence electrons. The molecule has 1 saturated heterocycles. The second-order valence-electron chi connectivity index (χ2n) is 4.94. The number of Topliss-reactive ketones (excluding diaryl/α,β-unsaturated/α-hetero) is 1. The standard InChI is InChI=1S/C14H18Cl2N2O/c1-10(9-18-6-4-17-5-7-18)14(19)11-2-3-12(15)13(16)8-11/h2-3,8,10,17H,4-7,9H2,1H3. The molecule has 1 unspecified atom stereocenters. The molecule has 3 nitrogen and oxygen atoms in total. The molecule has 0 spiro atoms. The number of hydrogen-bond donors (Lipinski definition) is 1. The van der Waals surface area contributed by atoms with E-state index in [1.165, 1.54) is 0 Å². The molecule has 1 aromatic rings. The second kappa shape index (κ2) is 6.71. The van der Waals surface area contributed by atoms with Gasteiger partial charge in [-0.15, -0.1) is 0 Å². The third-order valence-corrected chi connectivity index (χ3v) is 4.13. The summed E-state index contributed by atoms with van der Waals surface area (Å²) in [5.74, 6) is 0.0902. The van der Waals surface area contributed by atoms with Gasteiger partial charge in [0.05, 0.1) is 10.0 Å². The van der Waals surface area contributed by atoms with Crippen molar-refractivity contribution < 1.29 is 4.79 Å². The summed E-state index contributed by atoms with van der Waals surface area (Å²) in [6.45, 7) is 6.74. The minimum absolute atomic E-state index is 0.0321. The Morgan fingerprint density at radius 1 is 1.32 bits per heavy atom. The zero-order chi connectivity index (χ0) is 13.8. The summed E-state index contributed by atoms with van der Waals surface area (Å²) in [6.07, 6.45) is 0. The fourth-order valence-corrected chi connectivity index (χ4v) is 2.60. The number of hydrogen-bond acceptors (Lipinski definition) is 3. The van der Waals surface area contributed by atoms with Crippen LogP contribution in [0.15, 0.2) is 18.2 Å². The molecule has 0 radical (unpaired) electrons. The van der Waals surface area contributed by atoms with Gasteiger partial charge in [0.1, 0.15) is 0 Å². The van der Waals surface area contributed by atoms with Crippen molar-refractivity contribution >= 4 is 29.0 Å². The molecule has 1 aliphatic rings. The summed E-state index contributed by atoms with van der Waals surface area (Å²) in [6, 6.07) is 5.07. The molecule has 0 aromatic heterocycles. The number of benzene rings is 1. The van der Waals surface area contributed by atoms with E-state index in [0.29, 0.717) is 15.6 Å². The lowest BCUT2D eigenvalue weighted by Gasteiger charge is -2.29. The molecule has 0 saturated carbocycles. The van der Waals surface area contributed by atoms with Gasteiger partial charge in [0.2, 0.25) is 0 Å². The Kier molecular flexibility index (Phi) is 5.22. The number of carbonyl (C=O) groups is 1. The van der Waals surface area contributed by atoms with E-state index < -0.39 is 0 Å². The summed E-state index contributed by atoms with van der Waals surface area (Å²) in [7, 11) is 0. The van der Waals surface area contributed by atoms with E-state index in [1.54, 1.807) is 18.2 Å². The van der Waals surface area contributed by atoms with Crippen LogP contribution in [0.1, 0.15) is 17.3 Å². The lowest BCUT2D eigenvalue weighted by molar-refractivity contribution is 0.0887. The van der Waals surface area contributed by atoms with Gasteiger partial charge in [0.15, 0.2) is 5.78 Å². The van der Waals surface area contributed by atoms with Crippen molar-refractivity contribution in [1.29, 1.82) is 0 Å². The van der Waals surface area contributed by atoms with Crippen LogP contribution in [0.25, 0.3) is 0 Å². The first kappa shape index (κ1) is 14.8. The van der Waals surface area contributed by atoms with Crippen molar-refractivity contribution in [3.63, 3.8) is 0 Å². The quantitative estimate of drug-likeness (QED) is 0.868. The topological polar surface area (TPSA) is 32.3 Å². The molecular formula is C14H18Cl2N2O. The predicted octanol–water partition coefficient (Wildman–Crippen LogP) is 2.72. The molecular weight excluding hydrogens is 283 g/mol. The van der Waals surface area contributed by atoms with Crippen molar-refractivity contribution in [2.45, 2.75) is 6.92 Å². The van der Waals surface area contributed by atoms with E-state index >= 15 is 0 Å². The fourth-order valence-electron chi connectivity index (χ4n) is 2.30. The monoisotopic (exact) mass is 300 g/mol. The Balaban J connectivity index is 1.99. The molecule has 1 aliphatic heterocycles. The molecule has 2 rings (SSSR count). The van der Waals surface area contributed by atoms with Crippen LogP contribution in [0.5, 0.6) is 0 Å². The minimum Gasteiger partial charge on any atom is -0.314 e. The highest BCUT2D eigenvalue weighted by Crippen LogP contribution is 2.24. The lowest BCUT2D eigenvalue weighted by atomic mass is 9.98. The molecule has 0 bridgehead atoms. The Hall–Kier alpha value is -0.610. The van der Waals surface area contributed by atoms with Crippen LogP contribution in [0.3, 0.4) is 0 Å². The average molecular weight is 301 g/mol. The van der Waals surface area contributed by atoms with Crippen molar-refractivity contribution in [1.82, 2.24) is 10.2 Å².